The Morgan fingerprint density at radius 2 is 2.13 bits per heavy atom. The first-order valence-corrected chi connectivity index (χ1v) is 5.58. The topological polar surface area (TPSA) is 63.8 Å². The van der Waals surface area contributed by atoms with Gasteiger partial charge in [0, 0.05) is 6.04 Å². The molecule has 0 aliphatic rings. The Morgan fingerprint density at radius 3 is 2.73 bits per heavy atom. The van der Waals surface area contributed by atoms with E-state index in [-0.39, 0.29) is 0 Å². The third-order valence-electron chi connectivity index (χ3n) is 2.32. The lowest BCUT2D eigenvalue weighted by Gasteiger charge is -2.13. The molecule has 0 spiro atoms. The maximum absolute atomic E-state index is 5.45. The van der Waals surface area contributed by atoms with Gasteiger partial charge in [0.05, 0.1) is 0 Å². The van der Waals surface area contributed by atoms with Gasteiger partial charge in [0.25, 0.3) is 0 Å². The van der Waals surface area contributed by atoms with Crippen LogP contribution in [-0.4, -0.2) is 16.2 Å². The van der Waals surface area contributed by atoms with E-state index < -0.39 is 0 Å². The zero-order chi connectivity index (χ0) is 11.1. The second-order valence-corrected chi connectivity index (χ2v) is 3.88. The minimum absolute atomic E-state index is 0.439. The van der Waals surface area contributed by atoms with Crippen LogP contribution in [0.15, 0.2) is 12.1 Å². The molecule has 1 atom stereocenters. The molecule has 0 radical (unpaired) electrons. The maximum atomic E-state index is 5.45. The number of nitrogen functional groups attached to an aromatic ring is 1. The van der Waals surface area contributed by atoms with Crippen molar-refractivity contribution in [3.8, 4) is 0 Å². The van der Waals surface area contributed by atoms with Crippen LogP contribution in [0, 0.1) is 0 Å². The molecule has 0 aliphatic heterocycles. The fourth-order valence-electron chi connectivity index (χ4n) is 1.44. The first-order valence-electron chi connectivity index (χ1n) is 5.58. The summed E-state index contributed by atoms with van der Waals surface area (Å²) < 4.78 is 0. The molecule has 0 aliphatic carbocycles. The molecule has 0 bridgehead atoms. The third kappa shape index (κ3) is 4.63. The van der Waals surface area contributed by atoms with Crippen LogP contribution in [0.2, 0.25) is 0 Å². The molecule has 1 unspecified atom stereocenters. The average Bonchev–Trinajstić information content (AvgIpc) is 2.22. The molecule has 3 N–H and O–H groups in total. The molecule has 15 heavy (non-hydrogen) atoms. The fourth-order valence-corrected chi connectivity index (χ4v) is 1.44. The average molecular weight is 208 g/mol. The zero-order valence-electron chi connectivity index (χ0n) is 9.53. The monoisotopic (exact) mass is 208 g/mol. The molecule has 84 valence electrons. The van der Waals surface area contributed by atoms with Crippen molar-refractivity contribution in [1.82, 2.24) is 10.2 Å². The second kappa shape index (κ2) is 6.22. The van der Waals surface area contributed by atoms with E-state index >= 15 is 0 Å². The summed E-state index contributed by atoms with van der Waals surface area (Å²) in [5, 5.41) is 11.1. The number of hydrogen-bond acceptors (Lipinski definition) is 4. The van der Waals surface area contributed by atoms with Crippen LogP contribution in [-0.2, 0) is 0 Å². The standard InChI is InChI=1S/C11H20N4/c1-3-4-5-6-9(2)13-11-8-7-10(12)14-15-11/h7-9H,3-6H2,1-2H3,(H2,12,14)(H,13,15). The Bertz CT molecular complexity index is 270. The highest BCUT2D eigenvalue weighted by Gasteiger charge is 2.02. The molecule has 0 saturated heterocycles. The van der Waals surface area contributed by atoms with Gasteiger partial charge in [0.2, 0.25) is 0 Å². The van der Waals surface area contributed by atoms with E-state index in [4.69, 9.17) is 5.73 Å². The predicted octanol–water partition coefficient (Wildman–Crippen LogP) is 2.44. The van der Waals surface area contributed by atoms with Gasteiger partial charge in [0.1, 0.15) is 11.6 Å². The third-order valence-corrected chi connectivity index (χ3v) is 2.32. The molecule has 1 aromatic heterocycles. The number of aromatic nitrogens is 2. The summed E-state index contributed by atoms with van der Waals surface area (Å²) in [6.07, 6.45) is 4.97. The van der Waals surface area contributed by atoms with Crippen molar-refractivity contribution in [3.05, 3.63) is 12.1 Å². The number of nitrogens with zero attached hydrogens (tertiary/aromatic N) is 2. The molecule has 1 rings (SSSR count). The Hall–Kier alpha value is -1.32. The van der Waals surface area contributed by atoms with Gasteiger partial charge in [-0.1, -0.05) is 26.2 Å². The summed E-state index contributed by atoms with van der Waals surface area (Å²) in [5.41, 5.74) is 5.45. The van der Waals surface area contributed by atoms with Crippen LogP contribution < -0.4 is 11.1 Å². The Labute approximate surface area is 91.3 Å². The normalized spacial score (nSPS) is 12.4. The van der Waals surface area contributed by atoms with Crippen molar-refractivity contribution in [1.29, 1.82) is 0 Å². The number of hydrogen-bond donors (Lipinski definition) is 2. The minimum Gasteiger partial charge on any atom is -0.382 e. The van der Waals surface area contributed by atoms with Gasteiger partial charge in [0.15, 0.2) is 0 Å². The first-order chi connectivity index (χ1) is 7.22. The summed E-state index contributed by atoms with van der Waals surface area (Å²) in [5.74, 6) is 1.26. The smallest absolute Gasteiger partial charge is 0.149 e. The van der Waals surface area contributed by atoms with Crippen molar-refractivity contribution in [3.63, 3.8) is 0 Å². The molecule has 0 aromatic carbocycles. The van der Waals surface area contributed by atoms with Crippen molar-refractivity contribution in [2.24, 2.45) is 0 Å². The van der Waals surface area contributed by atoms with Gasteiger partial charge in [-0.05, 0) is 25.5 Å². The van der Waals surface area contributed by atoms with Gasteiger partial charge in [-0.3, -0.25) is 0 Å². The number of nitrogens with one attached hydrogen (secondary N) is 1. The summed E-state index contributed by atoms with van der Waals surface area (Å²) in [6.45, 7) is 4.37. The zero-order valence-corrected chi connectivity index (χ0v) is 9.53. The van der Waals surface area contributed by atoms with Crippen molar-refractivity contribution < 1.29 is 0 Å². The lowest BCUT2D eigenvalue weighted by Crippen LogP contribution is -2.16. The van der Waals surface area contributed by atoms with Crippen LogP contribution in [0.1, 0.15) is 39.5 Å². The second-order valence-electron chi connectivity index (χ2n) is 3.88. The lowest BCUT2D eigenvalue weighted by molar-refractivity contribution is 0.613. The van der Waals surface area contributed by atoms with Crippen molar-refractivity contribution >= 4 is 11.6 Å². The highest BCUT2D eigenvalue weighted by Crippen LogP contribution is 2.09. The van der Waals surface area contributed by atoms with Crippen LogP contribution in [0.4, 0.5) is 11.6 Å². The van der Waals surface area contributed by atoms with Crippen LogP contribution in [0.5, 0.6) is 0 Å². The summed E-state index contributed by atoms with van der Waals surface area (Å²) >= 11 is 0. The molecular formula is C11H20N4. The van der Waals surface area contributed by atoms with Gasteiger partial charge in [-0.2, -0.15) is 0 Å². The highest BCUT2D eigenvalue weighted by atomic mass is 15.2. The maximum Gasteiger partial charge on any atom is 0.149 e. The predicted molar refractivity (Wildman–Crippen MR) is 63.7 cm³/mol. The van der Waals surface area contributed by atoms with Crippen molar-refractivity contribution in [2.45, 2.75) is 45.6 Å². The van der Waals surface area contributed by atoms with Gasteiger partial charge in [-0.25, -0.2) is 0 Å². The highest BCUT2D eigenvalue weighted by molar-refractivity contribution is 5.38. The summed E-state index contributed by atoms with van der Waals surface area (Å²) in [6, 6.07) is 4.06. The number of nitrogens with two attached hydrogens (primary N) is 1. The molecule has 0 amide bonds. The van der Waals surface area contributed by atoms with Gasteiger partial charge in [-0.15, -0.1) is 10.2 Å². The fraction of sp³-hybridized carbons (Fsp3) is 0.636. The van der Waals surface area contributed by atoms with Gasteiger partial charge >= 0.3 is 0 Å². The van der Waals surface area contributed by atoms with E-state index in [1.54, 1.807) is 6.07 Å². The molecule has 4 heteroatoms. The SMILES string of the molecule is CCCCCC(C)Nc1ccc(N)nn1. The largest absolute Gasteiger partial charge is 0.382 e. The number of unbranched alkanes of at least 4 members (excludes halogenated alkanes) is 2. The Balaban J connectivity index is 2.31. The molecule has 1 heterocycles. The van der Waals surface area contributed by atoms with E-state index in [0.29, 0.717) is 11.9 Å². The van der Waals surface area contributed by atoms with Crippen LogP contribution in [0.25, 0.3) is 0 Å². The molecule has 0 saturated carbocycles. The van der Waals surface area contributed by atoms with Crippen molar-refractivity contribution in [2.75, 3.05) is 11.1 Å². The Morgan fingerprint density at radius 1 is 1.33 bits per heavy atom. The number of rotatable bonds is 6. The van der Waals surface area contributed by atoms with E-state index in [0.717, 1.165) is 5.82 Å². The number of anilines is 2. The van der Waals surface area contributed by atoms with Gasteiger partial charge < -0.3 is 11.1 Å². The molecular weight excluding hydrogens is 188 g/mol. The molecule has 4 nitrogen and oxygen atoms in total. The van der Waals surface area contributed by atoms with E-state index in [1.165, 1.54) is 25.7 Å². The molecule has 0 fully saturated rings. The minimum atomic E-state index is 0.439. The first kappa shape index (κ1) is 11.8. The van der Waals surface area contributed by atoms with Crippen LogP contribution >= 0.6 is 0 Å². The summed E-state index contributed by atoms with van der Waals surface area (Å²) in [7, 11) is 0. The molecule has 1 aromatic rings. The van der Waals surface area contributed by atoms with E-state index in [9.17, 15) is 0 Å². The quantitative estimate of drug-likeness (QED) is 0.705. The van der Waals surface area contributed by atoms with E-state index in [1.807, 2.05) is 6.07 Å². The van der Waals surface area contributed by atoms with E-state index in [2.05, 4.69) is 29.4 Å². The van der Waals surface area contributed by atoms with Crippen LogP contribution in [0.3, 0.4) is 0 Å². The summed E-state index contributed by atoms with van der Waals surface area (Å²) in [4.78, 5) is 0. The lowest BCUT2D eigenvalue weighted by atomic mass is 10.1. The Kier molecular flexibility index (Phi) is 4.87.